The molecule has 2 atom stereocenters. The molecule has 0 aromatic heterocycles. The number of alkyl halides is 1. The molecule has 0 saturated carbocycles. The van der Waals surface area contributed by atoms with E-state index in [0.717, 1.165) is 11.4 Å². The van der Waals surface area contributed by atoms with Crippen molar-refractivity contribution in [1.82, 2.24) is 4.90 Å². The predicted octanol–water partition coefficient (Wildman–Crippen LogP) is 5.03. The molecule has 1 saturated heterocycles. The van der Waals surface area contributed by atoms with Crippen molar-refractivity contribution in [3.05, 3.63) is 65.2 Å². The molecule has 2 heterocycles. The largest absolute Gasteiger partial charge is 0.295 e. The quantitative estimate of drug-likeness (QED) is 0.725. The fourth-order valence-electron chi connectivity index (χ4n) is 4.10. The number of halogens is 1. The second kappa shape index (κ2) is 6.66. The molecule has 0 N–H and O–H groups in total. The van der Waals surface area contributed by atoms with Crippen molar-refractivity contribution in [2.24, 2.45) is 0 Å². The highest BCUT2D eigenvalue weighted by Crippen LogP contribution is 2.44. The normalized spacial score (nSPS) is 23.5. The number of rotatable bonds is 4. The van der Waals surface area contributed by atoms with Crippen LogP contribution < -0.4 is 0 Å². The van der Waals surface area contributed by atoms with Crippen molar-refractivity contribution >= 4 is 11.8 Å². The summed E-state index contributed by atoms with van der Waals surface area (Å²) in [6.45, 7) is 2.08. The van der Waals surface area contributed by atoms with Crippen LogP contribution >= 0.6 is 11.8 Å². The van der Waals surface area contributed by atoms with Gasteiger partial charge in [-0.3, -0.25) is 9.29 Å². The third-order valence-electron chi connectivity index (χ3n) is 5.14. The zero-order valence-corrected chi connectivity index (χ0v) is 14.1. The first-order valence-corrected chi connectivity index (χ1v) is 9.47. The van der Waals surface area contributed by atoms with E-state index in [1.54, 1.807) is 11.8 Å². The Labute approximate surface area is 141 Å². The van der Waals surface area contributed by atoms with E-state index in [9.17, 15) is 4.39 Å². The number of benzene rings is 2. The Morgan fingerprint density at radius 2 is 1.83 bits per heavy atom. The fourth-order valence-corrected chi connectivity index (χ4v) is 4.74. The van der Waals surface area contributed by atoms with Crippen LogP contribution in [0.3, 0.4) is 0 Å². The lowest BCUT2D eigenvalue weighted by Crippen LogP contribution is -2.34. The van der Waals surface area contributed by atoms with E-state index in [4.69, 9.17) is 0 Å². The second-order valence-electron chi connectivity index (χ2n) is 6.44. The second-order valence-corrected chi connectivity index (χ2v) is 7.61. The third kappa shape index (κ3) is 2.92. The van der Waals surface area contributed by atoms with Gasteiger partial charge in [-0.2, -0.15) is 0 Å². The standard InChI is InChI=1S/C20H22FNS/c21-11-13-23-16-9-7-15(8-10-16)19-14-22-12-3-6-20(22)18-5-2-1-4-17(18)19/h1-2,4-5,7-10,19-20H,3,6,11-14H2/t19-,20+/m0/s1. The van der Waals surface area contributed by atoms with Crippen molar-refractivity contribution in [3.8, 4) is 0 Å². The summed E-state index contributed by atoms with van der Waals surface area (Å²) in [5.74, 6) is 1.00. The van der Waals surface area contributed by atoms with Gasteiger partial charge in [-0.15, -0.1) is 11.8 Å². The van der Waals surface area contributed by atoms with Crippen molar-refractivity contribution in [3.63, 3.8) is 0 Å². The van der Waals surface area contributed by atoms with Crippen LogP contribution in [0.2, 0.25) is 0 Å². The first kappa shape index (κ1) is 15.2. The summed E-state index contributed by atoms with van der Waals surface area (Å²) >= 11 is 1.59. The van der Waals surface area contributed by atoms with Crippen LogP contribution in [0.5, 0.6) is 0 Å². The lowest BCUT2D eigenvalue weighted by atomic mass is 9.82. The van der Waals surface area contributed by atoms with Gasteiger partial charge in [0.25, 0.3) is 0 Å². The summed E-state index contributed by atoms with van der Waals surface area (Å²) < 4.78 is 12.3. The lowest BCUT2D eigenvalue weighted by Gasteiger charge is -2.37. The van der Waals surface area contributed by atoms with Gasteiger partial charge in [0.05, 0.1) is 6.67 Å². The van der Waals surface area contributed by atoms with E-state index in [1.807, 2.05) is 0 Å². The van der Waals surface area contributed by atoms with Crippen molar-refractivity contribution in [2.75, 3.05) is 25.5 Å². The minimum atomic E-state index is -0.265. The molecule has 2 aliphatic heterocycles. The van der Waals surface area contributed by atoms with Gasteiger partial charge >= 0.3 is 0 Å². The summed E-state index contributed by atoms with van der Waals surface area (Å²) in [5.41, 5.74) is 4.41. The third-order valence-corrected chi connectivity index (χ3v) is 6.10. The molecule has 0 spiro atoms. The molecule has 3 heteroatoms. The summed E-state index contributed by atoms with van der Waals surface area (Å²) in [7, 11) is 0. The number of fused-ring (bicyclic) bond motifs is 3. The summed E-state index contributed by atoms with van der Waals surface area (Å²) in [6, 6.07) is 18.4. The first-order chi connectivity index (χ1) is 11.4. The van der Waals surface area contributed by atoms with E-state index in [1.165, 1.54) is 36.1 Å². The monoisotopic (exact) mass is 327 g/mol. The average molecular weight is 327 g/mol. The van der Waals surface area contributed by atoms with Crippen LogP contribution in [0.1, 0.15) is 41.5 Å². The average Bonchev–Trinajstić information content (AvgIpc) is 3.08. The SMILES string of the molecule is FCCSc1ccc([C@@H]2CN3CCC[C@@H]3c3ccccc32)cc1. The first-order valence-electron chi connectivity index (χ1n) is 8.48. The molecule has 2 aliphatic rings. The van der Waals surface area contributed by atoms with Gasteiger partial charge in [-0.05, 0) is 48.2 Å². The molecule has 0 amide bonds. The van der Waals surface area contributed by atoms with Crippen LogP contribution in [-0.2, 0) is 0 Å². The number of hydrogen-bond donors (Lipinski definition) is 0. The van der Waals surface area contributed by atoms with Crippen molar-refractivity contribution in [2.45, 2.75) is 29.7 Å². The van der Waals surface area contributed by atoms with E-state index in [-0.39, 0.29) is 6.67 Å². The Morgan fingerprint density at radius 3 is 2.61 bits per heavy atom. The van der Waals surface area contributed by atoms with Crippen LogP contribution in [0.15, 0.2) is 53.4 Å². The minimum absolute atomic E-state index is 0.265. The maximum absolute atomic E-state index is 12.3. The number of nitrogens with zero attached hydrogens (tertiary/aromatic N) is 1. The van der Waals surface area contributed by atoms with Gasteiger partial charge in [0.15, 0.2) is 0 Å². The molecule has 0 radical (unpaired) electrons. The maximum Gasteiger partial charge on any atom is 0.0988 e. The number of hydrogen-bond acceptors (Lipinski definition) is 2. The van der Waals surface area contributed by atoms with Crippen LogP contribution in [0.25, 0.3) is 0 Å². The molecular weight excluding hydrogens is 305 g/mol. The lowest BCUT2D eigenvalue weighted by molar-refractivity contribution is 0.230. The maximum atomic E-state index is 12.3. The molecule has 23 heavy (non-hydrogen) atoms. The molecule has 2 aromatic carbocycles. The van der Waals surface area contributed by atoms with Gasteiger partial charge in [0, 0.05) is 29.2 Å². The van der Waals surface area contributed by atoms with Crippen molar-refractivity contribution in [1.29, 1.82) is 0 Å². The highest BCUT2D eigenvalue weighted by molar-refractivity contribution is 7.99. The molecule has 120 valence electrons. The predicted molar refractivity (Wildman–Crippen MR) is 95.0 cm³/mol. The van der Waals surface area contributed by atoms with Gasteiger partial charge < -0.3 is 0 Å². The Kier molecular flexibility index (Phi) is 4.41. The van der Waals surface area contributed by atoms with Gasteiger partial charge in [-0.1, -0.05) is 36.4 Å². The molecule has 0 unspecified atom stereocenters. The Morgan fingerprint density at radius 1 is 1.04 bits per heavy atom. The highest BCUT2D eigenvalue weighted by atomic mass is 32.2. The minimum Gasteiger partial charge on any atom is -0.295 e. The Hall–Kier alpha value is -1.32. The van der Waals surface area contributed by atoms with Gasteiger partial charge in [0.2, 0.25) is 0 Å². The fraction of sp³-hybridized carbons (Fsp3) is 0.400. The van der Waals surface area contributed by atoms with Crippen LogP contribution in [-0.4, -0.2) is 30.4 Å². The van der Waals surface area contributed by atoms with Gasteiger partial charge in [0.1, 0.15) is 0 Å². The molecule has 1 fully saturated rings. The van der Waals surface area contributed by atoms with Crippen LogP contribution in [0, 0.1) is 0 Å². The van der Waals surface area contributed by atoms with E-state index >= 15 is 0 Å². The van der Waals surface area contributed by atoms with Crippen molar-refractivity contribution < 1.29 is 4.39 Å². The molecule has 1 nitrogen and oxygen atoms in total. The van der Waals surface area contributed by atoms with E-state index in [0.29, 0.717) is 17.7 Å². The van der Waals surface area contributed by atoms with Crippen LogP contribution in [0.4, 0.5) is 4.39 Å². The smallest absolute Gasteiger partial charge is 0.0988 e. The summed E-state index contributed by atoms with van der Waals surface area (Å²) in [6.07, 6.45) is 2.60. The molecule has 2 aromatic rings. The molecular formula is C20H22FNS. The highest BCUT2D eigenvalue weighted by Gasteiger charge is 2.35. The number of thioether (sulfide) groups is 1. The molecule has 0 aliphatic carbocycles. The zero-order valence-electron chi connectivity index (χ0n) is 13.2. The summed E-state index contributed by atoms with van der Waals surface area (Å²) in [4.78, 5) is 3.81. The van der Waals surface area contributed by atoms with E-state index < -0.39 is 0 Å². The zero-order chi connectivity index (χ0) is 15.6. The topological polar surface area (TPSA) is 3.24 Å². The van der Waals surface area contributed by atoms with Gasteiger partial charge in [-0.25, -0.2) is 0 Å². The Bertz CT molecular complexity index is 670. The van der Waals surface area contributed by atoms with E-state index in [2.05, 4.69) is 53.4 Å². The molecule has 0 bridgehead atoms. The Balaban J connectivity index is 1.65. The molecule has 4 rings (SSSR count). The summed E-state index contributed by atoms with van der Waals surface area (Å²) in [5, 5.41) is 0.